The molecule has 2 aromatic rings. The standard InChI is InChI=1S/C16H15F2NO2/c1-10(2)19-9-11(3-4-16(19)21)5-15(20)12-6-13(17)8-14(18)7-12/h3-4,6-10H,5H2,1-2H3. The van der Waals surface area contributed by atoms with Crippen LogP contribution >= 0.6 is 0 Å². The molecule has 0 atom stereocenters. The van der Waals surface area contributed by atoms with Crippen LogP contribution in [0, 0.1) is 11.6 Å². The molecule has 0 radical (unpaired) electrons. The molecule has 0 saturated carbocycles. The molecule has 1 aromatic carbocycles. The zero-order valence-electron chi connectivity index (χ0n) is 11.8. The fourth-order valence-corrected chi connectivity index (χ4v) is 2.06. The number of carbonyl (C=O) groups excluding carboxylic acids is 1. The Bertz CT molecular complexity index is 715. The van der Waals surface area contributed by atoms with Gasteiger partial charge in [0.15, 0.2) is 5.78 Å². The van der Waals surface area contributed by atoms with Gasteiger partial charge in [0.05, 0.1) is 0 Å². The SMILES string of the molecule is CC(C)n1cc(CC(=O)c2cc(F)cc(F)c2)ccc1=O. The third-order valence-corrected chi connectivity index (χ3v) is 3.10. The number of Topliss-reactive ketones (excluding diaryl/α,β-unsaturated/α-hetero) is 1. The third kappa shape index (κ3) is 3.62. The molecule has 2 rings (SSSR count). The zero-order valence-corrected chi connectivity index (χ0v) is 11.8. The number of pyridine rings is 1. The van der Waals surface area contributed by atoms with E-state index in [1.54, 1.807) is 12.3 Å². The number of aromatic nitrogens is 1. The van der Waals surface area contributed by atoms with E-state index in [4.69, 9.17) is 0 Å². The number of hydrogen-bond donors (Lipinski definition) is 0. The van der Waals surface area contributed by atoms with Crippen LogP contribution in [0.4, 0.5) is 8.78 Å². The smallest absolute Gasteiger partial charge is 0.250 e. The van der Waals surface area contributed by atoms with Crippen molar-refractivity contribution in [3.63, 3.8) is 0 Å². The zero-order chi connectivity index (χ0) is 15.6. The first-order valence-corrected chi connectivity index (χ1v) is 6.57. The van der Waals surface area contributed by atoms with Crippen molar-refractivity contribution in [3.05, 3.63) is 69.6 Å². The highest BCUT2D eigenvalue weighted by Gasteiger charge is 2.11. The maximum atomic E-state index is 13.1. The van der Waals surface area contributed by atoms with Crippen LogP contribution in [-0.4, -0.2) is 10.4 Å². The molecule has 21 heavy (non-hydrogen) atoms. The Morgan fingerprint density at radius 2 is 1.76 bits per heavy atom. The lowest BCUT2D eigenvalue weighted by Gasteiger charge is -2.11. The summed E-state index contributed by atoms with van der Waals surface area (Å²) in [7, 11) is 0. The van der Waals surface area contributed by atoms with Crippen molar-refractivity contribution in [1.29, 1.82) is 0 Å². The van der Waals surface area contributed by atoms with E-state index in [9.17, 15) is 18.4 Å². The molecule has 3 nitrogen and oxygen atoms in total. The Balaban J connectivity index is 2.27. The predicted molar refractivity (Wildman–Crippen MR) is 75.5 cm³/mol. The minimum atomic E-state index is -0.787. The van der Waals surface area contributed by atoms with Crippen molar-refractivity contribution in [3.8, 4) is 0 Å². The molecule has 0 N–H and O–H groups in total. The van der Waals surface area contributed by atoms with E-state index >= 15 is 0 Å². The topological polar surface area (TPSA) is 39.1 Å². The molecule has 0 amide bonds. The molecule has 0 aliphatic rings. The van der Waals surface area contributed by atoms with E-state index in [1.165, 1.54) is 10.6 Å². The van der Waals surface area contributed by atoms with Gasteiger partial charge in [0, 0.05) is 36.4 Å². The van der Waals surface area contributed by atoms with Crippen molar-refractivity contribution < 1.29 is 13.6 Å². The molecule has 1 heterocycles. The molecule has 0 saturated heterocycles. The van der Waals surface area contributed by atoms with Crippen molar-refractivity contribution in [2.45, 2.75) is 26.3 Å². The highest BCUT2D eigenvalue weighted by Crippen LogP contribution is 2.12. The molecule has 0 unspecified atom stereocenters. The number of halogens is 2. The van der Waals surface area contributed by atoms with Gasteiger partial charge in [0.1, 0.15) is 11.6 Å². The quantitative estimate of drug-likeness (QED) is 0.812. The maximum Gasteiger partial charge on any atom is 0.250 e. The van der Waals surface area contributed by atoms with E-state index in [-0.39, 0.29) is 23.6 Å². The van der Waals surface area contributed by atoms with Crippen LogP contribution in [0.2, 0.25) is 0 Å². The fraction of sp³-hybridized carbons (Fsp3) is 0.250. The summed E-state index contributed by atoms with van der Waals surface area (Å²) in [4.78, 5) is 23.7. The first kappa shape index (κ1) is 15.1. The Hall–Kier alpha value is -2.30. The molecule has 5 heteroatoms. The number of rotatable bonds is 4. The summed E-state index contributed by atoms with van der Waals surface area (Å²) in [5.74, 6) is -1.97. The fourth-order valence-electron chi connectivity index (χ4n) is 2.06. The van der Waals surface area contributed by atoms with Gasteiger partial charge in [0.25, 0.3) is 5.56 Å². The van der Waals surface area contributed by atoms with Crippen molar-refractivity contribution >= 4 is 5.78 Å². The average molecular weight is 291 g/mol. The van der Waals surface area contributed by atoms with Crippen molar-refractivity contribution in [2.75, 3.05) is 0 Å². The van der Waals surface area contributed by atoms with Gasteiger partial charge in [-0.1, -0.05) is 6.07 Å². The molecule has 0 aliphatic heterocycles. The maximum absolute atomic E-state index is 13.1. The molecule has 0 aliphatic carbocycles. The Morgan fingerprint density at radius 1 is 1.14 bits per heavy atom. The van der Waals surface area contributed by atoms with Crippen molar-refractivity contribution in [1.82, 2.24) is 4.57 Å². The molecule has 0 bridgehead atoms. The Kier molecular flexibility index (Phi) is 4.31. The molecule has 1 aromatic heterocycles. The van der Waals surface area contributed by atoms with E-state index in [2.05, 4.69) is 0 Å². The van der Waals surface area contributed by atoms with Gasteiger partial charge in [-0.2, -0.15) is 0 Å². The highest BCUT2D eigenvalue weighted by molar-refractivity contribution is 5.97. The molecular formula is C16H15F2NO2. The van der Waals surface area contributed by atoms with Crippen molar-refractivity contribution in [2.24, 2.45) is 0 Å². The summed E-state index contributed by atoms with van der Waals surface area (Å²) >= 11 is 0. The van der Waals surface area contributed by atoms with Crippen LogP contribution in [0.15, 0.2) is 41.3 Å². The lowest BCUT2D eigenvalue weighted by molar-refractivity contribution is 0.0992. The van der Waals surface area contributed by atoms with Crippen LogP contribution in [0.1, 0.15) is 35.8 Å². The number of ketones is 1. The van der Waals surface area contributed by atoms with Gasteiger partial charge < -0.3 is 4.57 Å². The summed E-state index contributed by atoms with van der Waals surface area (Å²) in [5.41, 5.74) is 0.450. The van der Waals surface area contributed by atoms with Gasteiger partial charge in [-0.05, 0) is 31.5 Å². The minimum absolute atomic E-state index is 0.0180. The lowest BCUT2D eigenvalue weighted by atomic mass is 10.0. The minimum Gasteiger partial charge on any atom is -0.313 e. The van der Waals surface area contributed by atoms with E-state index in [0.717, 1.165) is 18.2 Å². The number of benzene rings is 1. The summed E-state index contributed by atoms with van der Waals surface area (Å²) in [6, 6.07) is 5.63. The van der Waals surface area contributed by atoms with E-state index in [1.807, 2.05) is 13.8 Å². The summed E-state index contributed by atoms with van der Waals surface area (Å²) in [6.07, 6.45) is 1.58. The highest BCUT2D eigenvalue weighted by atomic mass is 19.1. The normalized spacial score (nSPS) is 10.9. The lowest BCUT2D eigenvalue weighted by Crippen LogP contribution is -2.21. The Labute approximate surface area is 120 Å². The number of hydrogen-bond acceptors (Lipinski definition) is 2. The second kappa shape index (κ2) is 5.99. The van der Waals surface area contributed by atoms with Gasteiger partial charge >= 0.3 is 0 Å². The predicted octanol–water partition coefficient (Wildman–Crippen LogP) is 3.13. The molecule has 0 spiro atoms. The van der Waals surface area contributed by atoms with Gasteiger partial charge in [-0.25, -0.2) is 8.78 Å². The van der Waals surface area contributed by atoms with Gasteiger partial charge in [-0.3, -0.25) is 9.59 Å². The third-order valence-electron chi connectivity index (χ3n) is 3.10. The number of nitrogens with zero attached hydrogens (tertiary/aromatic N) is 1. The first-order chi connectivity index (χ1) is 9.86. The summed E-state index contributed by atoms with van der Waals surface area (Å²) < 4.78 is 27.7. The van der Waals surface area contributed by atoms with Crippen LogP contribution in [-0.2, 0) is 6.42 Å². The van der Waals surface area contributed by atoms with Crippen LogP contribution in [0.25, 0.3) is 0 Å². The largest absolute Gasteiger partial charge is 0.313 e. The second-order valence-corrected chi connectivity index (χ2v) is 5.13. The van der Waals surface area contributed by atoms with Gasteiger partial charge in [-0.15, -0.1) is 0 Å². The molecule has 110 valence electrons. The monoisotopic (exact) mass is 291 g/mol. The van der Waals surface area contributed by atoms with Crippen LogP contribution in [0.3, 0.4) is 0 Å². The Morgan fingerprint density at radius 3 is 2.33 bits per heavy atom. The summed E-state index contributed by atoms with van der Waals surface area (Å²) in [5, 5.41) is 0. The first-order valence-electron chi connectivity index (χ1n) is 6.57. The second-order valence-electron chi connectivity index (χ2n) is 5.13. The molecule has 0 fully saturated rings. The average Bonchev–Trinajstić information content (AvgIpc) is 2.39. The molecular weight excluding hydrogens is 276 g/mol. The van der Waals surface area contributed by atoms with E-state index in [0.29, 0.717) is 5.56 Å². The van der Waals surface area contributed by atoms with Gasteiger partial charge in [0.2, 0.25) is 0 Å². The summed E-state index contributed by atoms with van der Waals surface area (Å²) in [6.45, 7) is 3.71. The van der Waals surface area contributed by atoms with Crippen LogP contribution < -0.4 is 5.56 Å². The number of carbonyl (C=O) groups is 1. The van der Waals surface area contributed by atoms with E-state index < -0.39 is 17.4 Å². The van der Waals surface area contributed by atoms with Crippen LogP contribution in [0.5, 0.6) is 0 Å².